The topological polar surface area (TPSA) is 71.4 Å². The minimum Gasteiger partial charge on any atom is -0.497 e. The lowest BCUT2D eigenvalue weighted by Crippen LogP contribution is -2.13. The van der Waals surface area contributed by atoms with E-state index in [4.69, 9.17) is 9.47 Å². The minimum atomic E-state index is -0.480. The number of hydrogen-bond donors (Lipinski definition) is 1. The number of halogens is 1. The highest BCUT2D eigenvalue weighted by atomic mass is 79.9. The Morgan fingerprint density at radius 3 is 2.38 bits per heavy atom. The maximum Gasteiger partial charge on any atom is 0.266 e. The summed E-state index contributed by atoms with van der Waals surface area (Å²) < 4.78 is 12.3. The van der Waals surface area contributed by atoms with Gasteiger partial charge in [-0.3, -0.25) is 4.79 Å². The Morgan fingerprint density at radius 1 is 1.06 bits per heavy atom. The molecule has 32 heavy (non-hydrogen) atoms. The van der Waals surface area contributed by atoms with Crippen molar-refractivity contribution in [3.63, 3.8) is 0 Å². The molecule has 0 bridgehead atoms. The third-order valence-electron chi connectivity index (χ3n) is 4.81. The summed E-state index contributed by atoms with van der Waals surface area (Å²) in [5.41, 5.74) is 3.37. The highest BCUT2D eigenvalue weighted by Gasteiger charge is 2.12. The fraction of sp³-hybridized carbons (Fsp3) is 0.154. The van der Waals surface area contributed by atoms with Crippen LogP contribution in [-0.4, -0.2) is 13.0 Å². The van der Waals surface area contributed by atoms with Crippen molar-refractivity contribution in [1.29, 1.82) is 5.26 Å². The van der Waals surface area contributed by atoms with E-state index in [1.54, 1.807) is 25.3 Å². The number of nitriles is 1. The van der Waals surface area contributed by atoms with Crippen molar-refractivity contribution < 1.29 is 14.3 Å². The smallest absolute Gasteiger partial charge is 0.266 e. The van der Waals surface area contributed by atoms with Crippen molar-refractivity contribution in [2.45, 2.75) is 20.0 Å². The summed E-state index contributed by atoms with van der Waals surface area (Å²) in [4.78, 5) is 12.7. The molecule has 3 rings (SSSR count). The lowest BCUT2D eigenvalue weighted by atomic mass is 10.1. The van der Waals surface area contributed by atoms with Crippen LogP contribution < -0.4 is 14.8 Å². The molecule has 0 unspecified atom stereocenters. The summed E-state index contributed by atoms with van der Waals surface area (Å²) in [5.74, 6) is 0.651. The van der Waals surface area contributed by atoms with Gasteiger partial charge in [0.25, 0.3) is 5.91 Å². The second-order valence-corrected chi connectivity index (χ2v) is 7.91. The van der Waals surface area contributed by atoms with Crippen LogP contribution in [0.3, 0.4) is 0 Å². The van der Waals surface area contributed by atoms with Gasteiger partial charge in [-0.2, -0.15) is 5.26 Å². The maximum atomic E-state index is 12.7. The average molecular weight is 491 g/mol. The van der Waals surface area contributed by atoms with Gasteiger partial charge in [0.1, 0.15) is 29.7 Å². The van der Waals surface area contributed by atoms with Crippen LogP contribution in [0.5, 0.6) is 11.5 Å². The van der Waals surface area contributed by atoms with Gasteiger partial charge < -0.3 is 14.8 Å². The molecule has 1 amide bonds. The predicted molar refractivity (Wildman–Crippen MR) is 130 cm³/mol. The van der Waals surface area contributed by atoms with Crippen molar-refractivity contribution in [3.05, 3.63) is 93.5 Å². The molecule has 3 aromatic carbocycles. The first-order valence-electron chi connectivity index (χ1n) is 10.1. The van der Waals surface area contributed by atoms with E-state index in [1.807, 2.05) is 54.6 Å². The number of nitrogens with zero attached hydrogens (tertiary/aromatic N) is 1. The monoisotopic (exact) mass is 490 g/mol. The van der Waals surface area contributed by atoms with E-state index in [2.05, 4.69) is 28.2 Å². The Morgan fingerprint density at radius 2 is 1.75 bits per heavy atom. The Balaban J connectivity index is 1.82. The molecule has 5 nitrogen and oxygen atoms in total. The Hall–Kier alpha value is -3.56. The number of carbonyl (C=O) groups excluding carboxylic acids is 1. The molecule has 6 heteroatoms. The van der Waals surface area contributed by atoms with Crippen LogP contribution in [0.1, 0.15) is 23.6 Å². The van der Waals surface area contributed by atoms with Gasteiger partial charge in [-0.15, -0.1) is 0 Å². The minimum absolute atomic E-state index is 0.0248. The standard InChI is InChI=1S/C26H23BrN2O3/c1-3-18-6-11-23(12-7-18)29-26(30)21(16-28)14-20-8-13-24(31-2)15-25(20)32-17-19-4-9-22(27)10-5-19/h4-15H,3,17H2,1-2H3,(H,29,30)/b21-14+. The summed E-state index contributed by atoms with van der Waals surface area (Å²) in [5, 5.41) is 12.4. The molecule has 0 saturated carbocycles. The number of methoxy groups -OCH3 is 1. The number of anilines is 1. The lowest BCUT2D eigenvalue weighted by molar-refractivity contribution is -0.112. The molecule has 1 N–H and O–H groups in total. The molecule has 162 valence electrons. The molecule has 0 heterocycles. The van der Waals surface area contributed by atoms with E-state index >= 15 is 0 Å². The van der Waals surface area contributed by atoms with Crippen molar-refractivity contribution in [3.8, 4) is 17.6 Å². The van der Waals surface area contributed by atoms with Gasteiger partial charge in [0.15, 0.2) is 0 Å². The summed E-state index contributed by atoms with van der Waals surface area (Å²) in [7, 11) is 1.57. The molecule has 0 aliphatic carbocycles. The highest BCUT2D eigenvalue weighted by Crippen LogP contribution is 2.28. The SMILES string of the molecule is CCc1ccc(NC(=O)/C(C#N)=C/c2ccc(OC)cc2OCc2ccc(Br)cc2)cc1. The highest BCUT2D eigenvalue weighted by molar-refractivity contribution is 9.10. The average Bonchev–Trinajstić information content (AvgIpc) is 2.83. The number of hydrogen-bond acceptors (Lipinski definition) is 4. The van der Waals surface area contributed by atoms with Gasteiger partial charge in [0, 0.05) is 21.8 Å². The molecule has 0 fully saturated rings. The maximum absolute atomic E-state index is 12.7. The van der Waals surface area contributed by atoms with Crippen LogP contribution in [0.15, 0.2) is 76.8 Å². The Kier molecular flexibility index (Phi) is 8.07. The van der Waals surface area contributed by atoms with Crippen LogP contribution in [0.4, 0.5) is 5.69 Å². The summed E-state index contributed by atoms with van der Waals surface area (Å²) in [6.07, 6.45) is 2.43. The third kappa shape index (κ3) is 6.22. The van der Waals surface area contributed by atoms with Crippen LogP contribution >= 0.6 is 15.9 Å². The van der Waals surface area contributed by atoms with E-state index in [9.17, 15) is 10.1 Å². The Bertz CT molecular complexity index is 1150. The molecule has 0 aromatic heterocycles. The number of rotatable bonds is 8. The first-order valence-corrected chi connectivity index (χ1v) is 10.9. The van der Waals surface area contributed by atoms with Gasteiger partial charge in [-0.05, 0) is 60.0 Å². The number of ether oxygens (including phenoxy) is 2. The molecule has 0 radical (unpaired) electrons. The normalized spacial score (nSPS) is 10.9. The molecule has 0 saturated heterocycles. The molecule has 0 atom stereocenters. The van der Waals surface area contributed by atoms with Crippen molar-refractivity contribution in [1.82, 2.24) is 0 Å². The zero-order valence-electron chi connectivity index (χ0n) is 17.9. The molecule has 3 aromatic rings. The van der Waals surface area contributed by atoms with E-state index in [-0.39, 0.29) is 5.57 Å². The van der Waals surface area contributed by atoms with E-state index in [0.29, 0.717) is 29.4 Å². The van der Waals surface area contributed by atoms with E-state index in [1.165, 1.54) is 11.6 Å². The number of amides is 1. The third-order valence-corrected chi connectivity index (χ3v) is 5.34. The van der Waals surface area contributed by atoms with Gasteiger partial charge in [0.2, 0.25) is 0 Å². The molecule has 0 aliphatic rings. The van der Waals surface area contributed by atoms with Gasteiger partial charge in [-0.25, -0.2) is 0 Å². The molecular weight excluding hydrogens is 468 g/mol. The van der Waals surface area contributed by atoms with E-state index in [0.717, 1.165) is 16.5 Å². The fourth-order valence-electron chi connectivity index (χ4n) is 2.95. The van der Waals surface area contributed by atoms with Crippen molar-refractivity contribution >= 4 is 33.6 Å². The molecular formula is C26H23BrN2O3. The number of aryl methyl sites for hydroxylation is 1. The first-order chi connectivity index (χ1) is 15.5. The van der Waals surface area contributed by atoms with Crippen LogP contribution in [0, 0.1) is 11.3 Å². The van der Waals surface area contributed by atoms with Gasteiger partial charge in [0.05, 0.1) is 7.11 Å². The summed E-state index contributed by atoms with van der Waals surface area (Å²) >= 11 is 3.42. The second kappa shape index (κ2) is 11.2. The number of carbonyl (C=O) groups is 1. The summed E-state index contributed by atoms with van der Waals surface area (Å²) in [6, 6.07) is 22.6. The first kappa shape index (κ1) is 23.1. The van der Waals surface area contributed by atoms with Crippen LogP contribution in [0.25, 0.3) is 6.08 Å². The molecule has 0 spiro atoms. The quantitative estimate of drug-likeness (QED) is 0.303. The predicted octanol–water partition coefficient (Wildman–Crippen LogP) is 6.14. The van der Waals surface area contributed by atoms with Crippen molar-refractivity contribution in [2.24, 2.45) is 0 Å². The molecule has 0 aliphatic heterocycles. The zero-order valence-corrected chi connectivity index (χ0v) is 19.5. The van der Waals surface area contributed by atoms with Gasteiger partial charge in [-0.1, -0.05) is 47.1 Å². The second-order valence-electron chi connectivity index (χ2n) is 6.99. The van der Waals surface area contributed by atoms with E-state index < -0.39 is 5.91 Å². The Labute approximate surface area is 196 Å². The lowest BCUT2D eigenvalue weighted by Gasteiger charge is -2.12. The zero-order chi connectivity index (χ0) is 22.9. The largest absolute Gasteiger partial charge is 0.497 e. The van der Waals surface area contributed by atoms with Crippen LogP contribution in [0.2, 0.25) is 0 Å². The number of nitrogens with one attached hydrogen (secondary N) is 1. The fourth-order valence-corrected chi connectivity index (χ4v) is 3.22. The van der Waals surface area contributed by atoms with Crippen LogP contribution in [-0.2, 0) is 17.8 Å². The van der Waals surface area contributed by atoms with Gasteiger partial charge >= 0.3 is 0 Å². The van der Waals surface area contributed by atoms with Crippen molar-refractivity contribution in [2.75, 3.05) is 12.4 Å². The summed E-state index contributed by atoms with van der Waals surface area (Å²) in [6.45, 7) is 2.40. The number of benzene rings is 3.